The molecule has 1 aromatic carbocycles. The minimum atomic E-state index is 0.107. The molecule has 2 aromatic rings. The minimum Gasteiger partial charge on any atom is -0.330 e. The predicted molar refractivity (Wildman–Crippen MR) is 72.7 cm³/mol. The van der Waals surface area contributed by atoms with Gasteiger partial charge in [0, 0.05) is 24.4 Å². The van der Waals surface area contributed by atoms with Gasteiger partial charge in [-0.15, -0.1) is 0 Å². The summed E-state index contributed by atoms with van der Waals surface area (Å²) in [6.07, 6.45) is 4.94. The second-order valence-electron chi connectivity index (χ2n) is 5.81. The van der Waals surface area contributed by atoms with Gasteiger partial charge in [0.1, 0.15) is 0 Å². The van der Waals surface area contributed by atoms with E-state index in [1.807, 2.05) is 23.1 Å². The quantitative estimate of drug-likeness (QED) is 0.897. The number of para-hydroxylation sites is 1. The van der Waals surface area contributed by atoms with E-state index in [1.54, 1.807) is 0 Å². The molecule has 0 amide bonds. The van der Waals surface area contributed by atoms with Gasteiger partial charge < -0.3 is 5.73 Å². The maximum absolute atomic E-state index is 6.07. The van der Waals surface area contributed by atoms with Crippen molar-refractivity contribution >= 4 is 0 Å². The van der Waals surface area contributed by atoms with E-state index in [-0.39, 0.29) is 10.8 Å². The Labute approximate surface area is 108 Å². The molecule has 0 aliphatic heterocycles. The van der Waals surface area contributed by atoms with Crippen LogP contribution in [0.4, 0.5) is 0 Å². The Bertz CT molecular complexity index is 557. The van der Waals surface area contributed by atoms with E-state index in [0.717, 1.165) is 12.1 Å². The van der Waals surface area contributed by atoms with Crippen molar-refractivity contribution in [1.82, 2.24) is 9.78 Å². The molecule has 1 atom stereocenters. The molecule has 1 aliphatic carbocycles. The van der Waals surface area contributed by atoms with Gasteiger partial charge in [0.15, 0.2) is 0 Å². The van der Waals surface area contributed by atoms with Gasteiger partial charge in [0.25, 0.3) is 0 Å². The zero-order chi connectivity index (χ0) is 12.8. The lowest BCUT2D eigenvalue weighted by Gasteiger charge is -2.22. The SMILES string of the molecule is CC1(C)CC1(CN)c1ccccc1-n1cccn1. The van der Waals surface area contributed by atoms with Crippen LogP contribution in [-0.2, 0) is 5.41 Å². The highest BCUT2D eigenvalue weighted by Gasteiger charge is 2.61. The molecule has 3 nitrogen and oxygen atoms in total. The number of nitrogens with zero attached hydrogens (tertiary/aromatic N) is 2. The fourth-order valence-electron chi connectivity index (χ4n) is 3.12. The second-order valence-corrected chi connectivity index (χ2v) is 5.81. The highest BCUT2D eigenvalue weighted by molar-refractivity contribution is 5.51. The Morgan fingerprint density at radius 3 is 2.56 bits per heavy atom. The fourth-order valence-corrected chi connectivity index (χ4v) is 3.12. The third kappa shape index (κ3) is 1.44. The normalized spacial score (nSPS) is 25.1. The van der Waals surface area contributed by atoms with Crippen molar-refractivity contribution in [2.45, 2.75) is 25.7 Å². The van der Waals surface area contributed by atoms with Gasteiger partial charge in [-0.2, -0.15) is 5.10 Å². The summed E-state index contributed by atoms with van der Waals surface area (Å²) in [5.74, 6) is 0. The van der Waals surface area contributed by atoms with Crippen LogP contribution in [0.2, 0.25) is 0 Å². The van der Waals surface area contributed by atoms with E-state index < -0.39 is 0 Å². The molecule has 3 rings (SSSR count). The Kier molecular flexibility index (Phi) is 2.35. The van der Waals surface area contributed by atoms with Crippen LogP contribution in [0.15, 0.2) is 42.7 Å². The Balaban J connectivity index is 2.14. The molecule has 0 spiro atoms. The average molecular weight is 241 g/mol. The monoisotopic (exact) mass is 241 g/mol. The highest BCUT2D eigenvalue weighted by Crippen LogP contribution is 2.64. The maximum Gasteiger partial charge on any atom is 0.0683 e. The summed E-state index contributed by atoms with van der Waals surface area (Å²) < 4.78 is 1.93. The lowest BCUT2D eigenvalue weighted by atomic mass is 9.87. The van der Waals surface area contributed by atoms with Crippen LogP contribution in [0, 0.1) is 5.41 Å². The summed E-state index contributed by atoms with van der Waals surface area (Å²) in [5, 5.41) is 4.35. The number of hydrogen-bond acceptors (Lipinski definition) is 2. The first-order chi connectivity index (χ1) is 8.61. The van der Waals surface area contributed by atoms with Crippen LogP contribution in [0.3, 0.4) is 0 Å². The van der Waals surface area contributed by atoms with Crippen molar-refractivity contribution in [2.75, 3.05) is 6.54 Å². The maximum atomic E-state index is 6.07. The van der Waals surface area contributed by atoms with Crippen LogP contribution in [0.5, 0.6) is 0 Å². The molecule has 1 fully saturated rings. The zero-order valence-electron chi connectivity index (χ0n) is 10.9. The van der Waals surface area contributed by atoms with E-state index in [0.29, 0.717) is 6.54 Å². The highest BCUT2D eigenvalue weighted by atomic mass is 15.3. The van der Waals surface area contributed by atoms with Crippen molar-refractivity contribution in [3.8, 4) is 5.69 Å². The van der Waals surface area contributed by atoms with Crippen molar-refractivity contribution in [3.05, 3.63) is 48.3 Å². The van der Waals surface area contributed by atoms with Crippen molar-refractivity contribution in [2.24, 2.45) is 11.1 Å². The molecule has 1 unspecified atom stereocenters. The number of rotatable bonds is 3. The molecule has 18 heavy (non-hydrogen) atoms. The van der Waals surface area contributed by atoms with Gasteiger partial charge in [-0.25, -0.2) is 4.68 Å². The molecule has 0 saturated heterocycles. The molecule has 1 aromatic heterocycles. The summed E-state index contributed by atoms with van der Waals surface area (Å²) in [6, 6.07) is 10.4. The first-order valence-corrected chi connectivity index (χ1v) is 6.40. The average Bonchev–Trinajstić information content (AvgIpc) is 2.78. The van der Waals surface area contributed by atoms with Crippen LogP contribution < -0.4 is 5.73 Å². The molecule has 0 radical (unpaired) electrons. The van der Waals surface area contributed by atoms with E-state index in [2.05, 4.69) is 43.2 Å². The molecule has 94 valence electrons. The third-order valence-corrected chi connectivity index (χ3v) is 4.43. The number of benzene rings is 1. The van der Waals surface area contributed by atoms with E-state index in [9.17, 15) is 0 Å². The van der Waals surface area contributed by atoms with Gasteiger partial charge in [-0.1, -0.05) is 32.0 Å². The molecule has 1 heterocycles. The Hall–Kier alpha value is -1.61. The van der Waals surface area contributed by atoms with Crippen LogP contribution >= 0.6 is 0 Å². The molecule has 1 aliphatic rings. The smallest absolute Gasteiger partial charge is 0.0683 e. The Morgan fingerprint density at radius 1 is 1.28 bits per heavy atom. The summed E-state index contributed by atoms with van der Waals surface area (Å²) in [4.78, 5) is 0. The van der Waals surface area contributed by atoms with Crippen molar-refractivity contribution < 1.29 is 0 Å². The van der Waals surface area contributed by atoms with Crippen LogP contribution in [0.25, 0.3) is 5.69 Å². The number of hydrogen-bond donors (Lipinski definition) is 1. The van der Waals surface area contributed by atoms with Crippen molar-refractivity contribution in [1.29, 1.82) is 0 Å². The topological polar surface area (TPSA) is 43.8 Å². The second kappa shape index (κ2) is 3.69. The van der Waals surface area contributed by atoms with Gasteiger partial charge in [0.05, 0.1) is 5.69 Å². The molecule has 0 bridgehead atoms. The largest absolute Gasteiger partial charge is 0.330 e. The van der Waals surface area contributed by atoms with E-state index >= 15 is 0 Å². The Morgan fingerprint density at radius 2 is 2.00 bits per heavy atom. The van der Waals surface area contributed by atoms with Gasteiger partial charge in [0.2, 0.25) is 0 Å². The number of nitrogens with two attached hydrogens (primary N) is 1. The standard InChI is InChI=1S/C15H19N3/c1-14(2)10-15(14,11-16)12-6-3-4-7-13(12)18-9-5-8-17-18/h3-9H,10-11,16H2,1-2H3. The number of aromatic nitrogens is 2. The summed E-state index contributed by atoms with van der Waals surface area (Å²) >= 11 is 0. The predicted octanol–water partition coefficient (Wildman–Crippen LogP) is 2.50. The molecule has 1 saturated carbocycles. The lowest BCUT2D eigenvalue weighted by Crippen LogP contribution is -2.26. The first-order valence-electron chi connectivity index (χ1n) is 6.40. The summed E-state index contributed by atoms with van der Waals surface area (Å²) in [7, 11) is 0. The molecular weight excluding hydrogens is 222 g/mol. The molecular formula is C15H19N3. The van der Waals surface area contributed by atoms with E-state index in [4.69, 9.17) is 5.73 Å². The molecule has 2 N–H and O–H groups in total. The first kappa shape index (κ1) is 11.5. The van der Waals surface area contributed by atoms with Crippen LogP contribution in [-0.4, -0.2) is 16.3 Å². The summed E-state index contributed by atoms with van der Waals surface area (Å²) in [5.41, 5.74) is 8.93. The lowest BCUT2D eigenvalue weighted by molar-refractivity contribution is 0.500. The summed E-state index contributed by atoms with van der Waals surface area (Å²) in [6.45, 7) is 5.28. The van der Waals surface area contributed by atoms with Crippen molar-refractivity contribution in [3.63, 3.8) is 0 Å². The fraction of sp³-hybridized carbons (Fsp3) is 0.400. The van der Waals surface area contributed by atoms with Gasteiger partial charge >= 0.3 is 0 Å². The van der Waals surface area contributed by atoms with Crippen LogP contribution in [0.1, 0.15) is 25.8 Å². The molecule has 3 heteroatoms. The minimum absolute atomic E-state index is 0.107. The van der Waals surface area contributed by atoms with Gasteiger partial charge in [-0.3, -0.25) is 0 Å². The van der Waals surface area contributed by atoms with E-state index in [1.165, 1.54) is 5.56 Å². The zero-order valence-corrected chi connectivity index (χ0v) is 10.9. The third-order valence-electron chi connectivity index (χ3n) is 4.43. The van der Waals surface area contributed by atoms with Gasteiger partial charge in [-0.05, 0) is 29.5 Å².